The lowest BCUT2D eigenvalue weighted by molar-refractivity contribution is -0.134. The number of hydrogen-bond donors (Lipinski definition) is 1. The van der Waals surface area contributed by atoms with Gasteiger partial charge in [-0.2, -0.15) is 0 Å². The number of carbonyl (C=O) groups excluding carboxylic acids is 2. The second-order valence-electron chi connectivity index (χ2n) is 5.65. The van der Waals surface area contributed by atoms with Gasteiger partial charge < -0.3 is 15.0 Å². The molecule has 1 aromatic carbocycles. The zero-order chi connectivity index (χ0) is 14.8. The second-order valence-corrected chi connectivity index (χ2v) is 5.65. The molecule has 2 aliphatic heterocycles. The van der Waals surface area contributed by atoms with Gasteiger partial charge in [0.05, 0.1) is 12.6 Å². The maximum atomic E-state index is 12.4. The van der Waals surface area contributed by atoms with E-state index < -0.39 is 0 Å². The second kappa shape index (κ2) is 5.76. The van der Waals surface area contributed by atoms with Crippen molar-refractivity contribution in [3.05, 3.63) is 29.8 Å². The molecule has 0 saturated carbocycles. The first-order valence-corrected chi connectivity index (χ1v) is 7.44. The highest BCUT2D eigenvalue weighted by molar-refractivity contribution is 5.90. The van der Waals surface area contributed by atoms with Crippen LogP contribution >= 0.6 is 0 Å². The summed E-state index contributed by atoms with van der Waals surface area (Å²) in [6.07, 6.45) is 2.82. The molecule has 2 aliphatic rings. The SMILES string of the molecule is CN1C(=O)CC[C@@H]1C(=O)N[C@@H]1CCCOc2ccccc21. The molecule has 1 saturated heterocycles. The molecule has 3 rings (SSSR count). The van der Waals surface area contributed by atoms with Crippen LogP contribution in [0.3, 0.4) is 0 Å². The minimum absolute atomic E-state index is 0.0414. The van der Waals surface area contributed by atoms with Crippen molar-refractivity contribution in [3.63, 3.8) is 0 Å². The third-order valence-corrected chi connectivity index (χ3v) is 4.30. The van der Waals surface area contributed by atoms with Gasteiger partial charge in [-0.3, -0.25) is 9.59 Å². The van der Waals surface area contributed by atoms with Gasteiger partial charge in [0.15, 0.2) is 0 Å². The molecule has 0 spiro atoms. The van der Waals surface area contributed by atoms with Crippen molar-refractivity contribution in [3.8, 4) is 5.75 Å². The minimum Gasteiger partial charge on any atom is -0.493 e. The molecule has 5 nitrogen and oxygen atoms in total. The molecule has 21 heavy (non-hydrogen) atoms. The predicted molar refractivity (Wildman–Crippen MR) is 77.8 cm³/mol. The van der Waals surface area contributed by atoms with Crippen molar-refractivity contribution in [1.82, 2.24) is 10.2 Å². The third kappa shape index (κ3) is 2.73. The van der Waals surface area contributed by atoms with Crippen LogP contribution in [0.15, 0.2) is 24.3 Å². The first kappa shape index (κ1) is 13.9. The monoisotopic (exact) mass is 288 g/mol. The Hall–Kier alpha value is -2.04. The molecule has 5 heteroatoms. The molecule has 2 heterocycles. The summed E-state index contributed by atoms with van der Waals surface area (Å²) in [6, 6.07) is 7.44. The summed E-state index contributed by atoms with van der Waals surface area (Å²) in [5, 5.41) is 3.10. The summed E-state index contributed by atoms with van der Waals surface area (Å²) in [7, 11) is 1.70. The number of nitrogens with zero attached hydrogens (tertiary/aromatic N) is 1. The molecule has 0 radical (unpaired) electrons. The minimum atomic E-state index is -0.339. The molecule has 0 aromatic heterocycles. The number of fused-ring (bicyclic) bond motifs is 1. The number of likely N-dealkylation sites (N-methyl/N-ethyl adjacent to an activating group) is 1. The van der Waals surface area contributed by atoms with Crippen LogP contribution in [0.1, 0.15) is 37.3 Å². The van der Waals surface area contributed by atoms with Crippen LogP contribution in [0.4, 0.5) is 0 Å². The molecule has 112 valence electrons. The highest BCUT2D eigenvalue weighted by atomic mass is 16.5. The first-order valence-electron chi connectivity index (χ1n) is 7.44. The van der Waals surface area contributed by atoms with E-state index in [1.807, 2.05) is 24.3 Å². The lowest BCUT2D eigenvalue weighted by atomic mass is 10.0. The highest BCUT2D eigenvalue weighted by Crippen LogP contribution is 2.31. The van der Waals surface area contributed by atoms with E-state index in [4.69, 9.17) is 4.74 Å². The average Bonchev–Trinajstić information content (AvgIpc) is 2.71. The first-order chi connectivity index (χ1) is 10.2. The molecule has 0 bridgehead atoms. The largest absolute Gasteiger partial charge is 0.493 e. The van der Waals surface area contributed by atoms with Crippen molar-refractivity contribution in [1.29, 1.82) is 0 Å². The fourth-order valence-electron chi connectivity index (χ4n) is 3.05. The Labute approximate surface area is 124 Å². The number of benzene rings is 1. The maximum Gasteiger partial charge on any atom is 0.243 e. The number of rotatable bonds is 2. The molecule has 1 aromatic rings. The number of likely N-dealkylation sites (tertiary alicyclic amines) is 1. The smallest absolute Gasteiger partial charge is 0.243 e. The van der Waals surface area contributed by atoms with Gasteiger partial charge in [0, 0.05) is 19.0 Å². The molecular formula is C16H20N2O3. The van der Waals surface area contributed by atoms with E-state index in [-0.39, 0.29) is 23.9 Å². The van der Waals surface area contributed by atoms with Crippen molar-refractivity contribution >= 4 is 11.8 Å². The van der Waals surface area contributed by atoms with Crippen LogP contribution < -0.4 is 10.1 Å². The molecule has 1 N–H and O–H groups in total. The van der Waals surface area contributed by atoms with Gasteiger partial charge in [-0.15, -0.1) is 0 Å². The van der Waals surface area contributed by atoms with E-state index in [0.29, 0.717) is 19.4 Å². The summed E-state index contributed by atoms with van der Waals surface area (Å²) >= 11 is 0. The van der Waals surface area contributed by atoms with Crippen molar-refractivity contribution in [2.45, 2.75) is 37.8 Å². The summed E-state index contributed by atoms with van der Waals surface area (Å²) in [5.74, 6) is 0.820. The zero-order valence-corrected chi connectivity index (χ0v) is 12.2. The van der Waals surface area contributed by atoms with Gasteiger partial charge in [0.2, 0.25) is 11.8 Å². The normalized spacial score (nSPS) is 25.0. The van der Waals surface area contributed by atoms with Gasteiger partial charge in [-0.1, -0.05) is 18.2 Å². The van der Waals surface area contributed by atoms with Crippen LogP contribution in [0.5, 0.6) is 5.75 Å². The maximum absolute atomic E-state index is 12.4. The van der Waals surface area contributed by atoms with E-state index in [2.05, 4.69) is 5.32 Å². The lowest BCUT2D eigenvalue weighted by Crippen LogP contribution is -2.43. The topological polar surface area (TPSA) is 58.6 Å². The van der Waals surface area contributed by atoms with Crippen molar-refractivity contribution in [2.24, 2.45) is 0 Å². The number of nitrogens with one attached hydrogen (secondary N) is 1. The molecule has 1 fully saturated rings. The highest BCUT2D eigenvalue weighted by Gasteiger charge is 2.34. The van der Waals surface area contributed by atoms with Gasteiger partial charge in [0.25, 0.3) is 0 Å². The predicted octanol–water partition coefficient (Wildman–Crippen LogP) is 1.64. The Morgan fingerprint density at radius 2 is 2.14 bits per heavy atom. The third-order valence-electron chi connectivity index (χ3n) is 4.30. The molecular weight excluding hydrogens is 268 g/mol. The number of ether oxygens (including phenoxy) is 1. The Balaban J connectivity index is 1.75. The number of para-hydroxylation sites is 1. The van der Waals surface area contributed by atoms with Gasteiger partial charge in [-0.25, -0.2) is 0 Å². The molecule has 0 aliphatic carbocycles. The van der Waals surface area contributed by atoms with Crippen molar-refractivity contribution < 1.29 is 14.3 Å². The van der Waals surface area contributed by atoms with Crippen LogP contribution in [0.25, 0.3) is 0 Å². The van der Waals surface area contributed by atoms with E-state index >= 15 is 0 Å². The Bertz CT molecular complexity index is 558. The van der Waals surface area contributed by atoms with E-state index in [1.54, 1.807) is 11.9 Å². The van der Waals surface area contributed by atoms with Crippen LogP contribution in [0.2, 0.25) is 0 Å². The fraction of sp³-hybridized carbons (Fsp3) is 0.500. The number of hydrogen-bond acceptors (Lipinski definition) is 3. The Morgan fingerprint density at radius 3 is 2.90 bits per heavy atom. The van der Waals surface area contributed by atoms with Gasteiger partial charge in [-0.05, 0) is 25.3 Å². The molecule has 2 atom stereocenters. The molecule has 0 unspecified atom stereocenters. The summed E-state index contributed by atoms with van der Waals surface area (Å²) in [5.41, 5.74) is 1.02. The van der Waals surface area contributed by atoms with E-state index in [0.717, 1.165) is 24.2 Å². The average molecular weight is 288 g/mol. The zero-order valence-electron chi connectivity index (χ0n) is 12.2. The quantitative estimate of drug-likeness (QED) is 0.900. The van der Waals surface area contributed by atoms with E-state index in [9.17, 15) is 9.59 Å². The summed E-state index contributed by atoms with van der Waals surface area (Å²) in [6.45, 7) is 0.672. The summed E-state index contributed by atoms with van der Waals surface area (Å²) < 4.78 is 5.71. The fourth-order valence-corrected chi connectivity index (χ4v) is 3.05. The standard InChI is InChI=1S/C16H20N2O3/c1-18-13(8-9-15(18)19)16(20)17-12-6-4-10-21-14-7-3-2-5-11(12)14/h2-3,5,7,12-13H,4,6,8-10H2,1H3,(H,17,20)/t12-,13-/m1/s1. The number of amides is 2. The van der Waals surface area contributed by atoms with Gasteiger partial charge in [0.1, 0.15) is 11.8 Å². The van der Waals surface area contributed by atoms with Crippen LogP contribution in [-0.2, 0) is 9.59 Å². The van der Waals surface area contributed by atoms with Crippen LogP contribution in [0, 0.1) is 0 Å². The summed E-state index contributed by atoms with van der Waals surface area (Å²) in [4.78, 5) is 25.6. The lowest BCUT2D eigenvalue weighted by Gasteiger charge is -2.24. The Morgan fingerprint density at radius 1 is 1.33 bits per heavy atom. The van der Waals surface area contributed by atoms with Crippen molar-refractivity contribution in [2.75, 3.05) is 13.7 Å². The van der Waals surface area contributed by atoms with Gasteiger partial charge >= 0.3 is 0 Å². The van der Waals surface area contributed by atoms with Crippen LogP contribution in [-0.4, -0.2) is 36.4 Å². The molecule has 2 amide bonds. The number of carbonyl (C=O) groups is 2. The van der Waals surface area contributed by atoms with E-state index in [1.165, 1.54) is 0 Å². The Kier molecular flexibility index (Phi) is 3.82.